The van der Waals surface area contributed by atoms with Gasteiger partial charge in [-0.25, -0.2) is 4.98 Å². The van der Waals surface area contributed by atoms with Crippen molar-refractivity contribution in [1.29, 1.82) is 0 Å². The number of rotatable bonds is 3. The number of hydrogen-bond acceptors (Lipinski definition) is 4. The number of carbonyl (C=O) groups is 1. The van der Waals surface area contributed by atoms with Gasteiger partial charge in [-0.2, -0.15) is 0 Å². The number of oxazole rings is 1. The van der Waals surface area contributed by atoms with Gasteiger partial charge in [0.2, 0.25) is 5.89 Å². The second-order valence-electron chi connectivity index (χ2n) is 6.06. The average molecular weight is 277 g/mol. The van der Waals surface area contributed by atoms with Gasteiger partial charge in [0.05, 0.1) is 6.04 Å². The van der Waals surface area contributed by atoms with Crippen LogP contribution in [0.3, 0.4) is 0 Å². The molecule has 1 aliphatic heterocycles. The van der Waals surface area contributed by atoms with Gasteiger partial charge < -0.3 is 15.1 Å². The molecule has 1 saturated carbocycles. The fourth-order valence-electron chi connectivity index (χ4n) is 3.22. The van der Waals surface area contributed by atoms with E-state index in [1.807, 2.05) is 0 Å². The quantitative estimate of drug-likeness (QED) is 0.890. The van der Waals surface area contributed by atoms with Gasteiger partial charge in [0, 0.05) is 6.04 Å². The first-order valence-corrected chi connectivity index (χ1v) is 7.73. The summed E-state index contributed by atoms with van der Waals surface area (Å²) in [7, 11) is 0. The average Bonchev–Trinajstić information content (AvgIpc) is 3.11. The smallest absolute Gasteiger partial charge is 0.273 e. The van der Waals surface area contributed by atoms with E-state index >= 15 is 0 Å². The van der Waals surface area contributed by atoms with Crippen LogP contribution in [0.15, 0.2) is 10.7 Å². The van der Waals surface area contributed by atoms with Crippen molar-refractivity contribution in [3.05, 3.63) is 17.8 Å². The Balaban J connectivity index is 1.62. The molecule has 0 spiro atoms. The molecule has 5 nitrogen and oxygen atoms in total. The van der Waals surface area contributed by atoms with Gasteiger partial charge in [0.1, 0.15) is 6.26 Å². The van der Waals surface area contributed by atoms with Crippen LogP contribution in [0, 0.1) is 5.92 Å². The Labute approximate surface area is 119 Å². The van der Waals surface area contributed by atoms with Crippen LogP contribution in [0.1, 0.15) is 67.9 Å². The van der Waals surface area contributed by atoms with Crippen molar-refractivity contribution in [1.82, 2.24) is 15.6 Å². The van der Waals surface area contributed by atoms with Crippen LogP contribution in [0.25, 0.3) is 0 Å². The van der Waals surface area contributed by atoms with Gasteiger partial charge in [-0.15, -0.1) is 0 Å². The molecule has 3 unspecified atom stereocenters. The first-order chi connectivity index (χ1) is 9.74. The van der Waals surface area contributed by atoms with E-state index in [0.717, 1.165) is 25.8 Å². The van der Waals surface area contributed by atoms with Crippen LogP contribution in [0.4, 0.5) is 0 Å². The molecule has 3 rings (SSSR count). The Morgan fingerprint density at radius 2 is 2.20 bits per heavy atom. The first kappa shape index (κ1) is 13.6. The number of hydrogen-bond donors (Lipinski definition) is 2. The molecule has 2 aliphatic rings. The summed E-state index contributed by atoms with van der Waals surface area (Å²) in [5.74, 6) is 1.09. The minimum Gasteiger partial charge on any atom is -0.446 e. The van der Waals surface area contributed by atoms with Crippen molar-refractivity contribution >= 4 is 5.91 Å². The third-order valence-corrected chi connectivity index (χ3v) is 4.54. The summed E-state index contributed by atoms with van der Waals surface area (Å²) in [6.45, 7) is 3.20. The number of nitrogens with zero attached hydrogens (tertiary/aromatic N) is 1. The summed E-state index contributed by atoms with van der Waals surface area (Å²) in [6.07, 6.45) is 8.39. The second-order valence-corrected chi connectivity index (χ2v) is 6.06. The molecule has 1 aromatic rings. The highest BCUT2D eigenvalue weighted by Crippen LogP contribution is 2.25. The Hall–Kier alpha value is -1.36. The molecule has 20 heavy (non-hydrogen) atoms. The van der Waals surface area contributed by atoms with Gasteiger partial charge in [-0.1, -0.05) is 19.8 Å². The number of amides is 1. The van der Waals surface area contributed by atoms with Gasteiger partial charge in [-0.3, -0.25) is 4.79 Å². The van der Waals surface area contributed by atoms with E-state index in [4.69, 9.17) is 4.42 Å². The van der Waals surface area contributed by atoms with Crippen molar-refractivity contribution in [3.63, 3.8) is 0 Å². The largest absolute Gasteiger partial charge is 0.446 e. The Bertz CT molecular complexity index is 465. The summed E-state index contributed by atoms with van der Waals surface area (Å²) in [5.41, 5.74) is 0.409. The zero-order valence-electron chi connectivity index (χ0n) is 12.0. The third-order valence-electron chi connectivity index (χ3n) is 4.54. The van der Waals surface area contributed by atoms with Gasteiger partial charge in [0.15, 0.2) is 5.69 Å². The fourth-order valence-corrected chi connectivity index (χ4v) is 3.22. The molecular weight excluding hydrogens is 254 g/mol. The molecule has 1 amide bonds. The second kappa shape index (κ2) is 5.95. The fraction of sp³-hybridized carbons (Fsp3) is 0.733. The van der Waals surface area contributed by atoms with Crippen molar-refractivity contribution in [2.75, 3.05) is 6.54 Å². The number of carbonyl (C=O) groups excluding carboxylic acids is 1. The van der Waals surface area contributed by atoms with E-state index in [1.54, 1.807) is 0 Å². The highest BCUT2D eigenvalue weighted by atomic mass is 16.3. The lowest BCUT2D eigenvalue weighted by Crippen LogP contribution is -2.41. The van der Waals surface area contributed by atoms with E-state index < -0.39 is 0 Å². The predicted molar refractivity (Wildman–Crippen MR) is 75.4 cm³/mol. The van der Waals surface area contributed by atoms with Crippen LogP contribution >= 0.6 is 0 Å². The maximum atomic E-state index is 12.2. The minimum atomic E-state index is -0.100. The zero-order chi connectivity index (χ0) is 13.9. The van der Waals surface area contributed by atoms with Gasteiger partial charge >= 0.3 is 0 Å². The van der Waals surface area contributed by atoms with E-state index in [0.29, 0.717) is 17.5 Å². The monoisotopic (exact) mass is 277 g/mol. The zero-order valence-corrected chi connectivity index (χ0v) is 12.0. The van der Waals surface area contributed by atoms with Crippen molar-refractivity contribution in [3.8, 4) is 0 Å². The molecule has 2 N–H and O–H groups in total. The molecule has 0 bridgehead atoms. The lowest BCUT2D eigenvalue weighted by Gasteiger charge is -2.29. The normalized spacial score (nSPS) is 30.4. The lowest BCUT2D eigenvalue weighted by atomic mass is 9.86. The third kappa shape index (κ3) is 2.87. The summed E-state index contributed by atoms with van der Waals surface area (Å²) < 4.78 is 5.45. The minimum absolute atomic E-state index is 0.100. The van der Waals surface area contributed by atoms with Crippen LogP contribution < -0.4 is 10.6 Å². The van der Waals surface area contributed by atoms with Crippen molar-refractivity contribution in [2.24, 2.45) is 5.92 Å². The molecule has 2 heterocycles. The van der Waals surface area contributed by atoms with Crippen LogP contribution in [-0.2, 0) is 0 Å². The molecule has 2 fully saturated rings. The Morgan fingerprint density at radius 3 is 2.95 bits per heavy atom. The van der Waals surface area contributed by atoms with E-state index in [2.05, 4.69) is 22.5 Å². The summed E-state index contributed by atoms with van der Waals surface area (Å²) in [4.78, 5) is 16.6. The number of aromatic nitrogens is 1. The molecule has 1 aromatic heterocycles. The molecule has 5 heteroatoms. The first-order valence-electron chi connectivity index (χ1n) is 7.73. The topological polar surface area (TPSA) is 67.2 Å². The summed E-state index contributed by atoms with van der Waals surface area (Å²) in [5, 5.41) is 6.43. The molecule has 0 aromatic carbocycles. The Morgan fingerprint density at radius 1 is 1.35 bits per heavy atom. The maximum absolute atomic E-state index is 12.2. The van der Waals surface area contributed by atoms with Gasteiger partial charge in [-0.05, 0) is 38.1 Å². The van der Waals surface area contributed by atoms with E-state index in [-0.39, 0.29) is 18.0 Å². The molecular formula is C15H23N3O2. The summed E-state index contributed by atoms with van der Waals surface area (Å²) >= 11 is 0. The standard InChI is InChI=1S/C15H23N3O2/c1-10-5-2-3-6-11(10)17-14(19)13-9-20-15(18-13)12-7-4-8-16-12/h9-12,16H,2-8H2,1H3,(H,17,19). The highest BCUT2D eigenvalue weighted by molar-refractivity contribution is 5.92. The molecule has 110 valence electrons. The van der Waals surface area contributed by atoms with Crippen LogP contribution in [0.2, 0.25) is 0 Å². The highest BCUT2D eigenvalue weighted by Gasteiger charge is 2.26. The maximum Gasteiger partial charge on any atom is 0.273 e. The van der Waals surface area contributed by atoms with Crippen LogP contribution in [0.5, 0.6) is 0 Å². The molecule has 1 aliphatic carbocycles. The molecule has 3 atom stereocenters. The van der Waals surface area contributed by atoms with Crippen LogP contribution in [-0.4, -0.2) is 23.5 Å². The molecule has 1 saturated heterocycles. The molecule has 0 radical (unpaired) electrons. The number of nitrogens with one attached hydrogen (secondary N) is 2. The Kier molecular flexibility index (Phi) is 4.05. The van der Waals surface area contributed by atoms with Crippen molar-refractivity contribution in [2.45, 2.75) is 57.5 Å². The van der Waals surface area contributed by atoms with E-state index in [1.165, 1.54) is 25.5 Å². The van der Waals surface area contributed by atoms with Crippen molar-refractivity contribution < 1.29 is 9.21 Å². The van der Waals surface area contributed by atoms with Gasteiger partial charge in [0.25, 0.3) is 5.91 Å². The van der Waals surface area contributed by atoms with E-state index in [9.17, 15) is 4.79 Å². The SMILES string of the molecule is CC1CCCCC1NC(=O)c1coc(C2CCCN2)n1. The summed E-state index contributed by atoms with van der Waals surface area (Å²) in [6, 6.07) is 0.450. The predicted octanol–water partition coefficient (Wildman–Crippen LogP) is 2.41. The lowest BCUT2D eigenvalue weighted by molar-refractivity contribution is 0.0905.